The van der Waals surface area contributed by atoms with Gasteiger partial charge in [0.1, 0.15) is 11.5 Å². The molecular formula is C25H30O4. The first-order valence-corrected chi connectivity index (χ1v) is 10.7. The molecule has 4 rings (SSSR count). The predicted molar refractivity (Wildman–Crippen MR) is 112 cm³/mol. The van der Waals surface area contributed by atoms with Crippen molar-refractivity contribution in [2.75, 3.05) is 0 Å². The van der Waals surface area contributed by atoms with Gasteiger partial charge < -0.3 is 14.6 Å². The highest BCUT2D eigenvalue weighted by Crippen LogP contribution is 2.60. The van der Waals surface area contributed by atoms with E-state index in [1.807, 2.05) is 55.5 Å². The molecule has 2 aliphatic carbocycles. The maximum atomic E-state index is 11.2. The van der Waals surface area contributed by atoms with E-state index in [9.17, 15) is 9.90 Å². The highest BCUT2D eigenvalue weighted by molar-refractivity contribution is 5.69. The number of fused-ring (bicyclic) bond motifs is 2. The molecule has 1 unspecified atom stereocenters. The second-order valence-corrected chi connectivity index (χ2v) is 8.95. The minimum Gasteiger partial charge on any atom is -0.481 e. The first-order chi connectivity index (χ1) is 14.0. The number of hydrogen-bond acceptors (Lipinski definition) is 3. The first-order valence-electron chi connectivity index (χ1n) is 10.7. The molecule has 2 aromatic rings. The van der Waals surface area contributed by atoms with E-state index in [4.69, 9.17) is 9.47 Å². The van der Waals surface area contributed by atoms with E-state index in [0.717, 1.165) is 62.0 Å². The summed E-state index contributed by atoms with van der Waals surface area (Å²) in [5.74, 6) is 0.719. The predicted octanol–water partition coefficient (Wildman–Crippen LogP) is 6.20. The van der Waals surface area contributed by atoms with Crippen LogP contribution >= 0.6 is 0 Å². The number of carboxylic acid groups (broad SMARTS) is 1. The van der Waals surface area contributed by atoms with Crippen LogP contribution in [0, 0.1) is 11.3 Å². The molecule has 0 spiro atoms. The topological polar surface area (TPSA) is 55.8 Å². The Morgan fingerprint density at radius 1 is 1.03 bits per heavy atom. The Hall–Kier alpha value is -2.33. The van der Waals surface area contributed by atoms with Gasteiger partial charge in [0, 0.05) is 5.56 Å². The van der Waals surface area contributed by atoms with Crippen LogP contribution in [0.3, 0.4) is 0 Å². The van der Waals surface area contributed by atoms with Crippen LogP contribution in [0.15, 0.2) is 54.6 Å². The van der Waals surface area contributed by atoms with Gasteiger partial charge in [0.05, 0.1) is 18.1 Å². The summed E-state index contributed by atoms with van der Waals surface area (Å²) >= 11 is 0. The van der Waals surface area contributed by atoms with Crippen molar-refractivity contribution in [1.29, 1.82) is 0 Å². The molecule has 2 saturated carbocycles. The van der Waals surface area contributed by atoms with E-state index in [1.165, 1.54) is 0 Å². The normalized spacial score (nSPS) is 26.4. The van der Waals surface area contributed by atoms with Crippen LogP contribution in [0.25, 0.3) is 0 Å². The number of carbonyl (C=O) groups is 1. The molecule has 0 heterocycles. The third-order valence-corrected chi connectivity index (χ3v) is 6.93. The van der Waals surface area contributed by atoms with Gasteiger partial charge in [-0.1, -0.05) is 43.3 Å². The molecule has 0 aliphatic heterocycles. The summed E-state index contributed by atoms with van der Waals surface area (Å²) in [6, 6.07) is 17.9. The van der Waals surface area contributed by atoms with Gasteiger partial charge in [0.2, 0.25) is 0 Å². The van der Waals surface area contributed by atoms with Gasteiger partial charge in [-0.05, 0) is 68.6 Å². The van der Waals surface area contributed by atoms with E-state index >= 15 is 0 Å². The fourth-order valence-electron chi connectivity index (χ4n) is 5.02. The van der Waals surface area contributed by atoms with Crippen LogP contribution in [0.5, 0.6) is 11.5 Å². The molecular weight excluding hydrogens is 364 g/mol. The summed E-state index contributed by atoms with van der Waals surface area (Å²) in [7, 11) is 0. The molecule has 2 fully saturated rings. The lowest BCUT2D eigenvalue weighted by Gasteiger charge is -2.28. The third-order valence-electron chi connectivity index (χ3n) is 6.93. The summed E-state index contributed by atoms with van der Waals surface area (Å²) in [6.45, 7) is 2.36. The monoisotopic (exact) mass is 394 g/mol. The van der Waals surface area contributed by atoms with E-state index < -0.39 is 5.97 Å². The molecule has 1 N–H and O–H groups in total. The molecule has 2 bridgehead atoms. The SMILES string of the molecule is CC(CCC12CCC(OCc3ccccc3Oc3ccccc3)(CC1)C2)C(=O)O. The third kappa shape index (κ3) is 4.48. The van der Waals surface area contributed by atoms with E-state index in [0.29, 0.717) is 6.61 Å². The Morgan fingerprint density at radius 3 is 2.45 bits per heavy atom. The zero-order chi connectivity index (χ0) is 20.3. The van der Waals surface area contributed by atoms with Gasteiger partial charge in [0.15, 0.2) is 0 Å². The molecule has 4 heteroatoms. The lowest BCUT2D eigenvalue weighted by Crippen LogP contribution is -2.26. The number of benzene rings is 2. The quantitative estimate of drug-likeness (QED) is 0.550. The summed E-state index contributed by atoms with van der Waals surface area (Å²) in [6.07, 6.45) is 7.29. The Kier molecular flexibility index (Phi) is 5.64. The van der Waals surface area contributed by atoms with Crippen LogP contribution in [-0.2, 0) is 16.1 Å². The smallest absolute Gasteiger partial charge is 0.306 e. The van der Waals surface area contributed by atoms with Crippen LogP contribution in [0.1, 0.15) is 57.4 Å². The van der Waals surface area contributed by atoms with Crippen molar-refractivity contribution >= 4 is 5.97 Å². The van der Waals surface area contributed by atoms with Gasteiger partial charge in [-0.3, -0.25) is 4.79 Å². The molecule has 1 atom stereocenters. The fraction of sp³-hybridized carbons (Fsp3) is 0.480. The van der Waals surface area contributed by atoms with E-state index in [1.54, 1.807) is 0 Å². The first kappa shape index (κ1) is 20.0. The maximum absolute atomic E-state index is 11.2. The van der Waals surface area contributed by atoms with Crippen molar-refractivity contribution < 1.29 is 19.4 Å². The summed E-state index contributed by atoms with van der Waals surface area (Å²) < 4.78 is 12.6. The van der Waals surface area contributed by atoms with Gasteiger partial charge in [-0.25, -0.2) is 0 Å². The molecule has 0 amide bonds. The second kappa shape index (κ2) is 8.19. The molecule has 4 nitrogen and oxygen atoms in total. The van der Waals surface area contributed by atoms with Crippen LogP contribution in [0.4, 0.5) is 0 Å². The highest BCUT2D eigenvalue weighted by atomic mass is 16.5. The zero-order valence-electron chi connectivity index (χ0n) is 17.1. The minimum absolute atomic E-state index is 0.0493. The molecule has 0 aromatic heterocycles. The summed E-state index contributed by atoms with van der Waals surface area (Å²) in [4.78, 5) is 11.2. The maximum Gasteiger partial charge on any atom is 0.306 e. The lowest BCUT2D eigenvalue weighted by atomic mass is 9.78. The molecule has 0 radical (unpaired) electrons. The number of hydrogen-bond donors (Lipinski definition) is 1. The van der Waals surface area contributed by atoms with Crippen molar-refractivity contribution in [3.8, 4) is 11.5 Å². The van der Waals surface area contributed by atoms with Crippen molar-refractivity contribution in [3.63, 3.8) is 0 Å². The Bertz CT molecular complexity index is 837. The Balaban J connectivity index is 1.37. The summed E-state index contributed by atoms with van der Waals surface area (Å²) in [5, 5.41) is 9.18. The van der Waals surface area contributed by atoms with Crippen LogP contribution < -0.4 is 4.74 Å². The summed E-state index contributed by atoms with van der Waals surface area (Å²) in [5.41, 5.74) is 1.30. The van der Waals surface area contributed by atoms with Gasteiger partial charge in [-0.2, -0.15) is 0 Å². The standard InChI is InChI=1S/C25H30O4/c1-19(23(26)27)11-12-24-13-15-25(18-24,16-14-24)28-17-20-7-5-6-10-22(20)29-21-8-3-2-4-9-21/h2-10,19H,11-18H2,1H3,(H,26,27). The molecule has 2 aromatic carbocycles. The fourth-order valence-corrected chi connectivity index (χ4v) is 5.02. The average Bonchev–Trinajstić information content (AvgIpc) is 3.29. The highest BCUT2D eigenvalue weighted by Gasteiger charge is 2.54. The minimum atomic E-state index is -0.685. The Morgan fingerprint density at radius 2 is 1.72 bits per heavy atom. The molecule has 29 heavy (non-hydrogen) atoms. The van der Waals surface area contributed by atoms with Crippen molar-refractivity contribution in [1.82, 2.24) is 0 Å². The van der Waals surface area contributed by atoms with E-state index in [-0.39, 0.29) is 16.9 Å². The van der Waals surface area contributed by atoms with E-state index in [2.05, 4.69) is 6.07 Å². The second-order valence-electron chi connectivity index (χ2n) is 8.95. The molecule has 2 aliphatic rings. The van der Waals surface area contributed by atoms with Gasteiger partial charge >= 0.3 is 5.97 Å². The number of para-hydroxylation sites is 2. The lowest BCUT2D eigenvalue weighted by molar-refractivity contribution is -0.141. The van der Waals surface area contributed by atoms with Crippen LogP contribution in [-0.4, -0.2) is 16.7 Å². The van der Waals surface area contributed by atoms with Crippen molar-refractivity contribution in [3.05, 3.63) is 60.2 Å². The van der Waals surface area contributed by atoms with Crippen molar-refractivity contribution in [2.24, 2.45) is 11.3 Å². The van der Waals surface area contributed by atoms with Crippen LogP contribution in [0.2, 0.25) is 0 Å². The van der Waals surface area contributed by atoms with Gasteiger partial charge in [0.25, 0.3) is 0 Å². The molecule has 0 saturated heterocycles. The average molecular weight is 395 g/mol. The number of rotatable bonds is 9. The zero-order valence-corrected chi connectivity index (χ0v) is 17.1. The molecule has 154 valence electrons. The largest absolute Gasteiger partial charge is 0.481 e. The van der Waals surface area contributed by atoms with Crippen molar-refractivity contribution in [2.45, 2.75) is 64.1 Å². The number of carboxylic acids is 1. The Labute approximate surface area is 172 Å². The van der Waals surface area contributed by atoms with Gasteiger partial charge in [-0.15, -0.1) is 0 Å². The number of ether oxygens (including phenoxy) is 2. The number of aliphatic carboxylic acids is 1.